The summed E-state index contributed by atoms with van der Waals surface area (Å²) in [5.74, 6) is -0.410. The van der Waals surface area contributed by atoms with E-state index in [0.717, 1.165) is 6.54 Å². The first-order chi connectivity index (χ1) is 6.25. The van der Waals surface area contributed by atoms with Gasteiger partial charge in [-0.2, -0.15) is 0 Å². The molecule has 0 spiro atoms. The number of ether oxygens (including phenoxy) is 1. The van der Waals surface area contributed by atoms with Gasteiger partial charge in [0.2, 0.25) is 0 Å². The lowest BCUT2D eigenvalue weighted by atomic mass is 10.2. The molecule has 1 aliphatic heterocycles. The van der Waals surface area contributed by atoms with Crippen LogP contribution in [-0.4, -0.2) is 48.9 Å². The average Bonchev–Trinajstić information content (AvgIpc) is 2.20. The predicted octanol–water partition coefficient (Wildman–Crippen LogP) is -0.151. The Labute approximate surface area is 78.6 Å². The Bertz CT molecular complexity index is 152. The van der Waals surface area contributed by atoms with Crippen molar-refractivity contribution < 1.29 is 14.7 Å². The van der Waals surface area contributed by atoms with Gasteiger partial charge in [0.15, 0.2) is 0 Å². The molecule has 5 nitrogen and oxygen atoms in total. The fourth-order valence-electron chi connectivity index (χ4n) is 1.04. The third-order valence-corrected chi connectivity index (χ3v) is 1.81. The van der Waals surface area contributed by atoms with Gasteiger partial charge in [0.1, 0.15) is 6.04 Å². The van der Waals surface area contributed by atoms with Crippen LogP contribution in [0.5, 0.6) is 0 Å². The minimum atomic E-state index is -0.410. The molecule has 1 unspecified atom stereocenters. The molecule has 0 saturated carbocycles. The quantitative estimate of drug-likeness (QED) is 0.446. The number of carbonyl (C=O) groups is 1. The first kappa shape index (κ1) is 12.3. The van der Waals surface area contributed by atoms with Crippen molar-refractivity contribution in [3.05, 3.63) is 0 Å². The van der Waals surface area contributed by atoms with Crippen molar-refractivity contribution in [3.8, 4) is 0 Å². The van der Waals surface area contributed by atoms with Gasteiger partial charge in [-0.05, 0) is 7.05 Å². The normalized spacial score (nSPS) is 22.9. The highest BCUT2D eigenvalue weighted by molar-refractivity contribution is 5.80. The molecule has 0 aromatic heterocycles. The molecule has 2 N–H and O–H groups in total. The van der Waals surface area contributed by atoms with E-state index in [1.807, 2.05) is 25.8 Å². The van der Waals surface area contributed by atoms with Gasteiger partial charge in [-0.1, -0.05) is 13.8 Å². The monoisotopic (exact) mass is 190 g/mol. The number of carbonyl (C=O) groups excluding carboxylic acids is 1. The van der Waals surface area contributed by atoms with E-state index in [-0.39, 0.29) is 6.04 Å². The first-order valence-corrected chi connectivity index (χ1v) is 4.47. The molecule has 0 bridgehead atoms. The Kier molecular flexibility index (Phi) is 6.48. The molecule has 5 heteroatoms. The third-order valence-electron chi connectivity index (χ3n) is 1.81. The largest absolute Gasteiger partial charge is 0.378 e. The van der Waals surface area contributed by atoms with Crippen LogP contribution in [-0.2, 0) is 9.53 Å². The van der Waals surface area contributed by atoms with Crippen LogP contribution < -0.4 is 5.48 Å². The first-order valence-electron chi connectivity index (χ1n) is 4.47. The second-order valence-electron chi connectivity index (χ2n) is 2.55. The number of hydroxylamine groups is 1. The molecule has 1 amide bonds. The summed E-state index contributed by atoms with van der Waals surface area (Å²) in [5.41, 5.74) is 1.60. The molecule has 0 radical (unpaired) electrons. The molecular weight excluding hydrogens is 172 g/mol. The van der Waals surface area contributed by atoms with E-state index in [2.05, 4.69) is 0 Å². The van der Waals surface area contributed by atoms with Crippen molar-refractivity contribution in [1.29, 1.82) is 0 Å². The highest BCUT2D eigenvalue weighted by atomic mass is 16.5. The fourth-order valence-corrected chi connectivity index (χ4v) is 1.04. The molecule has 13 heavy (non-hydrogen) atoms. The maximum atomic E-state index is 10.9. The maximum Gasteiger partial charge on any atom is 0.263 e. The van der Waals surface area contributed by atoms with Crippen LogP contribution >= 0.6 is 0 Å². The minimum absolute atomic E-state index is 0.350. The van der Waals surface area contributed by atoms with Gasteiger partial charge in [-0.15, -0.1) is 0 Å². The minimum Gasteiger partial charge on any atom is -0.378 e. The highest BCUT2D eigenvalue weighted by Crippen LogP contribution is 2.02. The Balaban J connectivity index is 0.000000671. The molecule has 1 aliphatic rings. The van der Waals surface area contributed by atoms with Crippen LogP contribution in [0.25, 0.3) is 0 Å². The Hall–Kier alpha value is -0.650. The number of hydrogen-bond donors (Lipinski definition) is 2. The van der Waals surface area contributed by atoms with Crippen molar-refractivity contribution in [2.24, 2.45) is 0 Å². The Morgan fingerprint density at radius 1 is 1.62 bits per heavy atom. The van der Waals surface area contributed by atoms with E-state index in [1.165, 1.54) is 0 Å². The second-order valence-corrected chi connectivity index (χ2v) is 2.55. The number of nitrogens with one attached hydrogen (secondary N) is 1. The van der Waals surface area contributed by atoms with Gasteiger partial charge < -0.3 is 4.74 Å². The molecule has 1 heterocycles. The molecule has 1 rings (SSSR count). The molecule has 1 saturated heterocycles. The summed E-state index contributed by atoms with van der Waals surface area (Å²) in [6.45, 7) is 5.71. The Morgan fingerprint density at radius 3 is 2.69 bits per heavy atom. The van der Waals surface area contributed by atoms with Crippen molar-refractivity contribution in [3.63, 3.8) is 0 Å². The van der Waals surface area contributed by atoms with E-state index >= 15 is 0 Å². The van der Waals surface area contributed by atoms with Crippen molar-refractivity contribution in [2.45, 2.75) is 19.9 Å². The number of amides is 1. The highest BCUT2D eigenvalue weighted by Gasteiger charge is 2.25. The van der Waals surface area contributed by atoms with Crippen molar-refractivity contribution in [2.75, 3.05) is 26.8 Å². The van der Waals surface area contributed by atoms with E-state index < -0.39 is 5.91 Å². The number of morpholine rings is 1. The van der Waals surface area contributed by atoms with Gasteiger partial charge in [0.25, 0.3) is 5.91 Å². The molecule has 78 valence electrons. The van der Waals surface area contributed by atoms with Gasteiger partial charge >= 0.3 is 0 Å². The smallest absolute Gasteiger partial charge is 0.263 e. The number of hydrogen-bond acceptors (Lipinski definition) is 4. The molecule has 0 aromatic rings. The zero-order valence-electron chi connectivity index (χ0n) is 8.41. The third kappa shape index (κ3) is 3.71. The van der Waals surface area contributed by atoms with Crippen LogP contribution in [0.1, 0.15) is 13.8 Å². The van der Waals surface area contributed by atoms with Crippen LogP contribution in [0.15, 0.2) is 0 Å². The zero-order valence-corrected chi connectivity index (χ0v) is 8.41. The molecule has 0 aromatic carbocycles. The summed E-state index contributed by atoms with van der Waals surface area (Å²) in [6, 6.07) is -0.353. The predicted molar refractivity (Wildman–Crippen MR) is 48.5 cm³/mol. The van der Waals surface area contributed by atoms with E-state index in [1.54, 1.807) is 5.48 Å². The van der Waals surface area contributed by atoms with E-state index in [9.17, 15) is 4.79 Å². The van der Waals surface area contributed by atoms with Crippen LogP contribution in [0.3, 0.4) is 0 Å². The van der Waals surface area contributed by atoms with Crippen LogP contribution in [0.4, 0.5) is 0 Å². The SMILES string of the molecule is CC.CN1CCOCC1C(=O)NO. The zero-order chi connectivity index (χ0) is 10.3. The second kappa shape index (κ2) is 6.82. The molecule has 1 fully saturated rings. The van der Waals surface area contributed by atoms with Gasteiger partial charge in [-0.25, -0.2) is 5.48 Å². The lowest BCUT2D eigenvalue weighted by Gasteiger charge is -2.30. The lowest BCUT2D eigenvalue weighted by Crippen LogP contribution is -2.51. The summed E-state index contributed by atoms with van der Waals surface area (Å²) >= 11 is 0. The summed E-state index contributed by atoms with van der Waals surface area (Å²) in [6.07, 6.45) is 0. The van der Waals surface area contributed by atoms with Gasteiger partial charge in [-0.3, -0.25) is 14.9 Å². The average molecular weight is 190 g/mol. The van der Waals surface area contributed by atoms with E-state index in [0.29, 0.717) is 13.2 Å². The topological polar surface area (TPSA) is 61.8 Å². The molecule has 1 atom stereocenters. The number of rotatable bonds is 1. The van der Waals surface area contributed by atoms with Gasteiger partial charge in [0, 0.05) is 6.54 Å². The standard InChI is InChI=1S/C6H12N2O3.C2H6/c1-8-2-3-11-4-5(8)6(9)7-10;1-2/h5,10H,2-4H2,1H3,(H,7,9);1-2H3. The summed E-state index contributed by atoms with van der Waals surface area (Å²) in [5, 5.41) is 8.32. The van der Waals surface area contributed by atoms with E-state index in [4.69, 9.17) is 9.94 Å². The van der Waals surface area contributed by atoms with Crippen LogP contribution in [0.2, 0.25) is 0 Å². The molecule has 0 aliphatic carbocycles. The number of likely N-dealkylation sites (N-methyl/N-ethyl adjacent to an activating group) is 1. The molecular formula is C8H18N2O3. The maximum absolute atomic E-state index is 10.9. The fraction of sp³-hybridized carbons (Fsp3) is 0.875. The summed E-state index contributed by atoms with van der Waals surface area (Å²) in [4.78, 5) is 12.7. The van der Waals surface area contributed by atoms with Crippen molar-refractivity contribution in [1.82, 2.24) is 10.4 Å². The Morgan fingerprint density at radius 2 is 2.23 bits per heavy atom. The van der Waals surface area contributed by atoms with Crippen LogP contribution in [0, 0.1) is 0 Å². The van der Waals surface area contributed by atoms with Crippen molar-refractivity contribution >= 4 is 5.91 Å². The number of nitrogens with zero attached hydrogens (tertiary/aromatic N) is 1. The van der Waals surface area contributed by atoms with Gasteiger partial charge in [0.05, 0.1) is 13.2 Å². The summed E-state index contributed by atoms with van der Waals surface area (Å²) < 4.78 is 5.06. The lowest BCUT2D eigenvalue weighted by molar-refractivity contribution is -0.139. The summed E-state index contributed by atoms with van der Waals surface area (Å²) in [7, 11) is 1.82.